The van der Waals surface area contributed by atoms with Crippen LogP contribution in [-0.2, 0) is 0 Å². The highest BCUT2D eigenvalue weighted by Gasteiger charge is 2.22. The second-order valence-corrected chi connectivity index (χ2v) is 6.37. The lowest BCUT2D eigenvalue weighted by atomic mass is 10.1. The van der Waals surface area contributed by atoms with Gasteiger partial charge in [0.1, 0.15) is 22.0 Å². The fraction of sp³-hybridized carbons (Fsp3) is 0.0476. The van der Waals surface area contributed by atoms with Gasteiger partial charge in [-0.1, -0.05) is 59.2 Å². The maximum atomic E-state index is 8.87. The van der Waals surface area contributed by atoms with E-state index < -0.39 is 0 Å². The topological polar surface area (TPSA) is 88.7 Å². The summed E-state index contributed by atoms with van der Waals surface area (Å²) >= 11 is 6.35. The van der Waals surface area contributed by atoms with Crippen LogP contribution in [0.1, 0.15) is 22.8 Å². The molecule has 0 aliphatic rings. The molecule has 2 aromatic heterocycles. The van der Waals surface area contributed by atoms with Crippen molar-refractivity contribution in [2.75, 3.05) is 0 Å². The minimum absolute atomic E-state index is 0.181. The van der Waals surface area contributed by atoms with E-state index in [-0.39, 0.29) is 11.8 Å². The van der Waals surface area contributed by atoms with Crippen molar-refractivity contribution in [1.29, 1.82) is 5.26 Å². The number of aromatic nitrogens is 3. The minimum Gasteiger partial charge on any atom is -0.415 e. The molecule has 4 rings (SSSR count). The number of benzene rings is 2. The van der Waals surface area contributed by atoms with Crippen molar-refractivity contribution in [3.8, 4) is 28.8 Å². The molecular weight excluding hydrogens is 376 g/mol. The van der Waals surface area contributed by atoms with Crippen LogP contribution in [0.2, 0.25) is 0 Å². The largest absolute Gasteiger partial charge is 0.415 e. The normalized spacial score (nSPS) is 11.4. The smallest absolute Gasteiger partial charge is 0.259 e. The first-order chi connectivity index (χ1) is 13.7. The third-order valence-electron chi connectivity index (χ3n) is 4.09. The lowest BCUT2D eigenvalue weighted by Crippen LogP contribution is -1.84. The van der Waals surface area contributed by atoms with Crippen LogP contribution in [-0.4, -0.2) is 15.4 Å². The Balaban J connectivity index is 1.68. The second kappa shape index (κ2) is 7.51. The Morgan fingerprint density at radius 3 is 2.54 bits per heavy atom. The van der Waals surface area contributed by atoms with Crippen molar-refractivity contribution in [3.63, 3.8) is 0 Å². The highest BCUT2D eigenvalue weighted by Crippen LogP contribution is 2.34. The summed E-state index contributed by atoms with van der Waals surface area (Å²) in [5, 5.41) is 21.4. The molecule has 0 spiro atoms. The molecule has 0 unspecified atom stereocenters. The molecule has 0 N–H and O–H groups in total. The fourth-order valence-electron chi connectivity index (χ4n) is 2.70. The van der Waals surface area contributed by atoms with Gasteiger partial charge in [0.15, 0.2) is 0 Å². The SMILES string of the molecule is Cc1onc(-c2ccccc2)c1-c1nnc(/C(Cl)=C/c2ccc(C#N)cc2)o1. The van der Waals surface area contributed by atoms with Crippen LogP contribution < -0.4 is 0 Å². The van der Waals surface area contributed by atoms with Gasteiger partial charge in [-0.2, -0.15) is 5.26 Å². The van der Waals surface area contributed by atoms with E-state index in [2.05, 4.69) is 21.4 Å². The molecule has 2 heterocycles. The van der Waals surface area contributed by atoms with Gasteiger partial charge in [0.2, 0.25) is 0 Å². The zero-order valence-corrected chi connectivity index (χ0v) is 15.5. The van der Waals surface area contributed by atoms with Gasteiger partial charge < -0.3 is 8.94 Å². The van der Waals surface area contributed by atoms with Crippen LogP contribution in [0.5, 0.6) is 0 Å². The van der Waals surface area contributed by atoms with E-state index in [1.807, 2.05) is 30.3 Å². The first kappa shape index (κ1) is 17.7. The Labute approximate surface area is 165 Å². The molecule has 6 nitrogen and oxygen atoms in total. The Hall–Kier alpha value is -3.69. The number of rotatable bonds is 4. The van der Waals surface area contributed by atoms with E-state index in [1.165, 1.54) is 0 Å². The average Bonchev–Trinajstić information content (AvgIpc) is 3.36. The Morgan fingerprint density at radius 2 is 1.82 bits per heavy atom. The Bertz CT molecular complexity index is 1190. The van der Waals surface area contributed by atoms with Crippen molar-refractivity contribution in [3.05, 3.63) is 77.4 Å². The third-order valence-corrected chi connectivity index (χ3v) is 4.36. The van der Waals surface area contributed by atoms with Crippen LogP contribution in [0, 0.1) is 18.3 Å². The van der Waals surface area contributed by atoms with Crippen molar-refractivity contribution >= 4 is 22.7 Å². The predicted octanol–water partition coefficient (Wildman–Crippen LogP) is 5.31. The quantitative estimate of drug-likeness (QED) is 0.470. The van der Waals surface area contributed by atoms with Gasteiger partial charge in [-0.15, -0.1) is 10.2 Å². The van der Waals surface area contributed by atoms with Gasteiger partial charge in [-0.05, 0) is 30.7 Å². The Kier molecular flexibility index (Phi) is 4.75. The molecule has 0 aliphatic heterocycles. The number of nitriles is 1. The fourth-order valence-corrected chi connectivity index (χ4v) is 2.90. The monoisotopic (exact) mass is 388 g/mol. The molecule has 0 aliphatic carbocycles. The zero-order chi connectivity index (χ0) is 19.5. The molecule has 0 saturated carbocycles. The molecule has 28 heavy (non-hydrogen) atoms. The van der Waals surface area contributed by atoms with E-state index in [0.29, 0.717) is 27.6 Å². The van der Waals surface area contributed by atoms with Gasteiger partial charge in [0.05, 0.1) is 11.6 Å². The molecule has 136 valence electrons. The lowest BCUT2D eigenvalue weighted by molar-refractivity contribution is 0.399. The van der Waals surface area contributed by atoms with Crippen molar-refractivity contribution in [2.45, 2.75) is 6.92 Å². The highest BCUT2D eigenvalue weighted by atomic mass is 35.5. The molecule has 0 saturated heterocycles. The maximum Gasteiger partial charge on any atom is 0.259 e. The summed E-state index contributed by atoms with van der Waals surface area (Å²) in [6.07, 6.45) is 1.69. The summed E-state index contributed by atoms with van der Waals surface area (Å²) in [5.41, 5.74) is 3.53. The summed E-state index contributed by atoms with van der Waals surface area (Å²) in [7, 11) is 0. The van der Waals surface area contributed by atoms with Gasteiger partial charge in [0.25, 0.3) is 11.8 Å². The van der Waals surface area contributed by atoms with Crippen molar-refractivity contribution < 1.29 is 8.94 Å². The van der Waals surface area contributed by atoms with Gasteiger partial charge in [0, 0.05) is 5.56 Å². The summed E-state index contributed by atoms with van der Waals surface area (Å²) < 4.78 is 11.1. The van der Waals surface area contributed by atoms with Crippen LogP contribution in [0.3, 0.4) is 0 Å². The van der Waals surface area contributed by atoms with Crippen LogP contribution >= 0.6 is 11.6 Å². The van der Waals surface area contributed by atoms with E-state index >= 15 is 0 Å². The lowest BCUT2D eigenvalue weighted by Gasteiger charge is -1.98. The van der Waals surface area contributed by atoms with Crippen LogP contribution in [0.25, 0.3) is 33.8 Å². The van der Waals surface area contributed by atoms with Gasteiger partial charge in [-0.25, -0.2) is 0 Å². The summed E-state index contributed by atoms with van der Waals surface area (Å²) in [4.78, 5) is 0. The number of hydrogen-bond acceptors (Lipinski definition) is 6. The highest BCUT2D eigenvalue weighted by molar-refractivity contribution is 6.50. The molecule has 0 radical (unpaired) electrons. The average molecular weight is 389 g/mol. The first-order valence-electron chi connectivity index (χ1n) is 8.39. The van der Waals surface area contributed by atoms with E-state index in [9.17, 15) is 0 Å². The molecule has 0 amide bonds. The number of halogens is 1. The summed E-state index contributed by atoms with van der Waals surface area (Å²) in [5.74, 6) is 1.03. The first-order valence-corrected chi connectivity index (χ1v) is 8.77. The Morgan fingerprint density at radius 1 is 1.07 bits per heavy atom. The predicted molar refractivity (Wildman–Crippen MR) is 105 cm³/mol. The maximum absolute atomic E-state index is 8.87. The summed E-state index contributed by atoms with van der Waals surface area (Å²) in [6, 6.07) is 18.7. The molecule has 7 heteroatoms. The summed E-state index contributed by atoms with van der Waals surface area (Å²) in [6.45, 7) is 1.78. The van der Waals surface area contributed by atoms with Gasteiger partial charge in [-0.3, -0.25) is 0 Å². The molecule has 0 fully saturated rings. The molecule has 4 aromatic rings. The zero-order valence-electron chi connectivity index (χ0n) is 14.8. The van der Waals surface area contributed by atoms with Crippen LogP contribution in [0.4, 0.5) is 0 Å². The molecular formula is C21H13ClN4O2. The van der Waals surface area contributed by atoms with Crippen LogP contribution in [0.15, 0.2) is 63.5 Å². The number of hydrogen-bond donors (Lipinski definition) is 0. The molecule has 0 atom stereocenters. The minimum atomic E-state index is 0.181. The third kappa shape index (κ3) is 3.43. The second-order valence-electron chi connectivity index (χ2n) is 5.97. The number of nitrogens with zero attached hydrogens (tertiary/aromatic N) is 4. The van der Waals surface area contributed by atoms with Gasteiger partial charge >= 0.3 is 0 Å². The number of aryl methyl sites for hydroxylation is 1. The van der Waals surface area contributed by atoms with E-state index in [4.69, 9.17) is 25.8 Å². The molecule has 2 aromatic carbocycles. The van der Waals surface area contributed by atoms with Crippen molar-refractivity contribution in [2.24, 2.45) is 0 Å². The molecule has 0 bridgehead atoms. The van der Waals surface area contributed by atoms with Crippen molar-refractivity contribution in [1.82, 2.24) is 15.4 Å². The van der Waals surface area contributed by atoms with E-state index in [0.717, 1.165) is 11.1 Å². The van der Waals surface area contributed by atoms with E-state index in [1.54, 1.807) is 37.3 Å². The standard InChI is InChI=1S/C21H13ClN4O2/c1-13-18(19(26-28-13)16-5-3-2-4-6-16)21-25-24-20(27-21)17(22)11-14-7-9-15(12-23)10-8-14/h2-11H,1H3/b17-11-.